The van der Waals surface area contributed by atoms with Gasteiger partial charge in [-0.1, -0.05) is 0 Å². The fourth-order valence-electron chi connectivity index (χ4n) is 2.33. The van der Waals surface area contributed by atoms with Crippen LogP contribution < -0.4 is 10.4 Å². The van der Waals surface area contributed by atoms with E-state index in [4.69, 9.17) is 4.74 Å². The van der Waals surface area contributed by atoms with Gasteiger partial charge in [0.25, 0.3) is 0 Å². The van der Waals surface area contributed by atoms with Gasteiger partial charge in [0.15, 0.2) is 0 Å². The zero-order valence-electron chi connectivity index (χ0n) is 9.60. The van der Waals surface area contributed by atoms with Crippen LogP contribution >= 0.6 is 11.8 Å². The molecular weight excluding hydrogens is 236 g/mol. The molecule has 1 N–H and O–H groups in total. The van der Waals surface area contributed by atoms with Crippen molar-refractivity contribution in [2.24, 2.45) is 0 Å². The van der Waals surface area contributed by atoms with Crippen LogP contribution in [0.3, 0.4) is 0 Å². The summed E-state index contributed by atoms with van der Waals surface area (Å²) in [6, 6.07) is 6.05. The number of nitrogens with zero attached hydrogens (tertiary/aromatic N) is 1. The first-order chi connectivity index (χ1) is 8.29. The Bertz CT molecular complexity index is 596. The van der Waals surface area contributed by atoms with E-state index in [-0.39, 0.29) is 5.69 Å². The summed E-state index contributed by atoms with van der Waals surface area (Å²) in [5.41, 5.74) is 1.82. The molecule has 90 valence electrons. The predicted molar refractivity (Wildman–Crippen MR) is 70.1 cm³/mol. The SMILES string of the molecule is COc1ccc2c(c1)[nH]c(=O)n2C1CCSC1. The van der Waals surface area contributed by atoms with Gasteiger partial charge in [0.05, 0.1) is 18.1 Å². The van der Waals surface area contributed by atoms with Crippen LogP contribution in [0.5, 0.6) is 5.75 Å². The molecule has 3 rings (SSSR count). The second kappa shape index (κ2) is 4.14. The average Bonchev–Trinajstić information content (AvgIpc) is 2.93. The number of rotatable bonds is 2. The van der Waals surface area contributed by atoms with Crippen molar-refractivity contribution in [3.05, 3.63) is 28.7 Å². The van der Waals surface area contributed by atoms with E-state index in [2.05, 4.69) is 4.98 Å². The second-order valence-electron chi connectivity index (χ2n) is 4.20. The van der Waals surface area contributed by atoms with Gasteiger partial charge in [-0.2, -0.15) is 11.8 Å². The van der Waals surface area contributed by atoms with Crippen LogP contribution in [0.4, 0.5) is 0 Å². The fourth-order valence-corrected chi connectivity index (χ4v) is 3.52. The summed E-state index contributed by atoms with van der Waals surface area (Å²) in [5, 5.41) is 0. The van der Waals surface area contributed by atoms with Gasteiger partial charge in [-0.15, -0.1) is 0 Å². The number of benzene rings is 1. The quantitative estimate of drug-likeness (QED) is 0.887. The Labute approximate surface area is 103 Å². The lowest BCUT2D eigenvalue weighted by atomic mass is 10.2. The minimum absolute atomic E-state index is 0.0132. The van der Waals surface area contributed by atoms with Crippen molar-refractivity contribution in [1.29, 1.82) is 0 Å². The molecule has 2 aromatic rings. The van der Waals surface area contributed by atoms with Gasteiger partial charge >= 0.3 is 5.69 Å². The molecule has 0 aliphatic carbocycles. The summed E-state index contributed by atoms with van der Waals surface area (Å²) in [4.78, 5) is 14.9. The third kappa shape index (κ3) is 1.74. The number of methoxy groups -OCH3 is 1. The van der Waals surface area contributed by atoms with E-state index in [0.717, 1.165) is 34.7 Å². The molecule has 1 aliphatic rings. The minimum Gasteiger partial charge on any atom is -0.497 e. The zero-order valence-corrected chi connectivity index (χ0v) is 10.4. The topological polar surface area (TPSA) is 47.0 Å². The molecule has 0 bridgehead atoms. The molecule has 0 radical (unpaired) electrons. The van der Waals surface area contributed by atoms with Crippen LogP contribution in [0.25, 0.3) is 11.0 Å². The number of aromatic nitrogens is 2. The third-order valence-electron chi connectivity index (χ3n) is 3.19. The van der Waals surface area contributed by atoms with E-state index in [1.54, 1.807) is 7.11 Å². The Balaban J connectivity index is 2.17. The first kappa shape index (κ1) is 10.8. The van der Waals surface area contributed by atoms with Gasteiger partial charge < -0.3 is 9.72 Å². The maximum Gasteiger partial charge on any atom is 0.326 e. The van der Waals surface area contributed by atoms with Gasteiger partial charge in [-0.05, 0) is 24.3 Å². The Hall–Kier alpha value is -1.36. The van der Waals surface area contributed by atoms with Crippen molar-refractivity contribution in [3.63, 3.8) is 0 Å². The second-order valence-corrected chi connectivity index (χ2v) is 5.35. The molecule has 5 heteroatoms. The van der Waals surface area contributed by atoms with E-state index >= 15 is 0 Å². The molecule has 1 saturated heterocycles. The smallest absolute Gasteiger partial charge is 0.326 e. The molecule has 1 aliphatic heterocycles. The van der Waals surface area contributed by atoms with Crippen LogP contribution in [-0.4, -0.2) is 28.2 Å². The Morgan fingerprint density at radius 2 is 2.41 bits per heavy atom. The molecule has 1 aromatic heterocycles. The van der Waals surface area contributed by atoms with Gasteiger partial charge in [0.1, 0.15) is 5.75 Å². The molecule has 1 fully saturated rings. The van der Waals surface area contributed by atoms with Crippen molar-refractivity contribution in [2.75, 3.05) is 18.6 Å². The maximum atomic E-state index is 12.0. The Morgan fingerprint density at radius 3 is 3.12 bits per heavy atom. The highest BCUT2D eigenvalue weighted by atomic mass is 32.2. The average molecular weight is 250 g/mol. The number of ether oxygens (including phenoxy) is 1. The molecule has 2 heterocycles. The predicted octanol–water partition coefficient (Wildman–Crippen LogP) is 2.02. The highest BCUT2D eigenvalue weighted by molar-refractivity contribution is 7.99. The largest absolute Gasteiger partial charge is 0.497 e. The van der Waals surface area contributed by atoms with Crippen molar-refractivity contribution in [1.82, 2.24) is 9.55 Å². The third-order valence-corrected chi connectivity index (χ3v) is 4.34. The van der Waals surface area contributed by atoms with E-state index in [9.17, 15) is 4.79 Å². The van der Waals surface area contributed by atoms with E-state index < -0.39 is 0 Å². The summed E-state index contributed by atoms with van der Waals surface area (Å²) in [7, 11) is 1.63. The number of nitrogens with one attached hydrogen (secondary N) is 1. The lowest BCUT2D eigenvalue weighted by Crippen LogP contribution is -2.21. The highest BCUT2D eigenvalue weighted by Crippen LogP contribution is 2.29. The van der Waals surface area contributed by atoms with Crippen LogP contribution in [0, 0.1) is 0 Å². The Kier molecular flexibility index (Phi) is 2.63. The van der Waals surface area contributed by atoms with Crippen LogP contribution in [-0.2, 0) is 0 Å². The normalized spacial score (nSPS) is 19.9. The molecule has 1 unspecified atom stereocenters. The molecular formula is C12H14N2O2S. The molecule has 1 aromatic carbocycles. The molecule has 4 nitrogen and oxygen atoms in total. The number of aromatic amines is 1. The number of hydrogen-bond donors (Lipinski definition) is 1. The van der Waals surface area contributed by atoms with E-state index in [1.807, 2.05) is 34.5 Å². The van der Waals surface area contributed by atoms with Gasteiger partial charge in [-0.25, -0.2) is 4.79 Å². The maximum absolute atomic E-state index is 12.0. The van der Waals surface area contributed by atoms with Crippen LogP contribution in [0.15, 0.2) is 23.0 Å². The summed E-state index contributed by atoms with van der Waals surface area (Å²) >= 11 is 1.91. The van der Waals surface area contributed by atoms with Crippen LogP contribution in [0.1, 0.15) is 12.5 Å². The number of H-pyrrole nitrogens is 1. The van der Waals surface area contributed by atoms with Gasteiger partial charge in [0.2, 0.25) is 0 Å². The van der Waals surface area contributed by atoms with Crippen molar-refractivity contribution < 1.29 is 4.74 Å². The summed E-state index contributed by atoms with van der Waals surface area (Å²) in [6.45, 7) is 0. The van der Waals surface area contributed by atoms with Crippen molar-refractivity contribution >= 4 is 22.8 Å². The van der Waals surface area contributed by atoms with E-state index in [0.29, 0.717) is 6.04 Å². The van der Waals surface area contributed by atoms with E-state index in [1.165, 1.54) is 0 Å². The molecule has 0 amide bonds. The highest BCUT2D eigenvalue weighted by Gasteiger charge is 2.21. The van der Waals surface area contributed by atoms with Crippen molar-refractivity contribution in [3.8, 4) is 5.75 Å². The lowest BCUT2D eigenvalue weighted by molar-refractivity contribution is 0.415. The lowest BCUT2D eigenvalue weighted by Gasteiger charge is -2.10. The first-order valence-corrected chi connectivity index (χ1v) is 6.81. The van der Waals surface area contributed by atoms with Crippen LogP contribution in [0.2, 0.25) is 0 Å². The molecule has 17 heavy (non-hydrogen) atoms. The summed E-state index contributed by atoms with van der Waals surface area (Å²) < 4.78 is 7.05. The summed E-state index contributed by atoms with van der Waals surface area (Å²) in [6.07, 6.45) is 1.07. The minimum atomic E-state index is -0.0132. The fraction of sp³-hybridized carbons (Fsp3) is 0.417. The summed E-state index contributed by atoms with van der Waals surface area (Å²) in [5.74, 6) is 2.94. The van der Waals surface area contributed by atoms with Gasteiger partial charge in [-0.3, -0.25) is 4.57 Å². The molecule has 0 spiro atoms. The molecule has 1 atom stereocenters. The number of hydrogen-bond acceptors (Lipinski definition) is 3. The number of imidazole rings is 1. The number of fused-ring (bicyclic) bond motifs is 1. The zero-order chi connectivity index (χ0) is 11.8. The van der Waals surface area contributed by atoms with Gasteiger partial charge in [0, 0.05) is 17.9 Å². The number of thioether (sulfide) groups is 1. The monoisotopic (exact) mass is 250 g/mol. The van der Waals surface area contributed by atoms with Crippen molar-refractivity contribution in [2.45, 2.75) is 12.5 Å². The standard InChI is InChI=1S/C12H14N2O2S/c1-16-9-2-3-11-10(6-9)13-12(15)14(11)8-4-5-17-7-8/h2-3,6,8H,4-5,7H2,1H3,(H,13,15). The molecule has 0 saturated carbocycles. The first-order valence-electron chi connectivity index (χ1n) is 5.65. The Morgan fingerprint density at radius 1 is 1.53 bits per heavy atom.